The molecule has 2 aromatic carbocycles. The van der Waals surface area contributed by atoms with Crippen molar-refractivity contribution in [1.29, 1.82) is 0 Å². The second-order valence-electron chi connectivity index (χ2n) is 3.57. The van der Waals surface area contributed by atoms with Crippen LogP contribution in [0.2, 0.25) is 0 Å². The van der Waals surface area contributed by atoms with Crippen molar-refractivity contribution < 1.29 is 4.39 Å². The van der Waals surface area contributed by atoms with E-state index in [9.17, 15) is 4.39 Å². The predicted molar refractivity (Wildman–Crippen MR) is 75.6 cm³/mol. The molecule has 0 bridgehead atoms. The molecule has 0 aliphatic heterocycles. The molecule has 0 heterocycles. The van der Waals surface area contributed by atoms with E-state index in [1.165, 1.54) is 6.07 Å². The van der Waals surface area contributed by atoms with Crippen LogP contribution in [0.25, 0.3) is 0 Å². The molecule has 0 radical (unpaired) electrons. The van der Waals surface area contributed by atoms with Gasteiger partial charge in [0.15, 0.2) is 0 Å². The van der Waals surface area contributed by atoms with Gasteiger partial charge in [-0.05, 0) is 29.8 Å². The topological polar surface area (TPSA) is 12.0 Å². The highest BCUT2D eigenvalue weighted by atomic mass is 79.9. The second kappa shape index (κ2) is 5.65. The molecule has 1 N–H and O–H groups in total. The van der Waals surface area contributed by atoms with Crippen LogP contribution in [0.1, 0.15) is 5.56 Å². The Balaban J connectivity index is 2.12. The molecule has 0 fully saturated rings. The lowest BCUT2D eigenvalue weighted by atomic mass is 10.2. The summed E-state index contributed by atoms with van der Waals surface area (Å²) in [5.41, 5.74) is 1.59. The predicted octanol–water partition coefficient (Wildman–Crippen LogP) is 4.96. The Morgan fingerprint density at radius 3 is 2.59 bits per heavy atom. The molecule has 0 aromatic heterocycles. The van der Waals surface area contributed by atoms with Gasteiger partial charge in [0.1, 0.15) is 5.82 Å². The van der Waals surface area contributed by atoms with Crippen LogP contribution in [0.15, 0.2) is 51.4 Å². The van der Waals surface area contributed by atoms with Gasteiger partial charge in [0, 0.05) is 15.5 Å². The average molecular weight is 359 g/mol. The molecule has 0 saturated carbocycles. The van der Waals surface area contributed by atoms with Crippen molar-refractivity contribution in [2.24, 2.45) is 0 Å². The van der Waals surface area contributed by atoms with Crippen molar-refractivity contribution in [3.05, 3.63) is 62.8 Å². The van der Waals surface area contributed by atoms with Crippen molar-refractivity contribution in [3.63, 3.8) is 0 Å². The van der Waals surface area contributed by atoms with Crippen molar-refractivity contribution in [3.8, 4) is 0 Å². The van der Waals surface area contributed by atoms with Crippen LogP contribution in [-0.2, 0) is 6.54 Å². The summed E-state index contributed by atoms with van der Waals surface area (Å²) >= 11 is 6.78. The Labute approximate surface area is 116 Å². The summed E-state index contributed by atoms with van der Waals surface area (Å²) in [5, 5.41) is 3.08. The van der Waals surface area contributed by atoms with E-state index in [1.807, 2.05) is 24.3 Å². The molecule has 17 heavy (non-hydrogen) atoms. The van der Waals surface area contributed by atoms with E-state index < -0.39 is 0 Å². The van der Waals surface area contributed by atoms with Gasteiger partial charge < -0.3 is 5.32 Å². The number of benzene rings is 2. The maximum atomic E-state index is 13.5. The van der Waals surface area contributed by atoms with E-state index in [0.29, 0.717) is 12.2 Å². The number of hydrogen-bond acceptors (Lipinski definition) is 1. The lowest BCUT2D eigenvalue weighted by molar-refractivity contribution is 0.630. The third-order valence-electron chi connectivity index (χ3n) is 2.36. The maximum Gasteiger partial charge on any atom is 0.146 e. The zero-order valence-electron chi connectivity index (χ0n) is 8.88. The van der Waals surface area contributed by atoms with Crippen LogP contribution in [0.5, 0.6) is 0 Å². The van der Waals surface area contributed by atoms with Crippen molar-refractivity contribution in [2.45, 2.75) is 6.54 Å². The molecule has 4 heteroatoms. The fourth-order valence-corrected chi connectivity index (χ4v) is 2.25. The van der Waals surface area contributed by atoms with E-state index in [-0.39, 0.29) is 5.82 Å². The molecular formula is C13H10Br2FN. The summed E-state index contributed by atoms with van der Waals surface area (Å²) in [6, 6.07) is 12.7. The highest BCUT2D eigenvalue weighted by Crippen LogP contribution is 2.22. The van der Waals surface area contributed by atoms with Crippen LogP contribution >= 0.6 is 31.9 Å². The first kappa shape index (κ1) is 12.6. The zero-order valence-corrected chi connectivity index (χ0v) is 12.1. The van der Waals surface area contributed by atoms with Crippen LogP contribution < -0.4 is 5.32 Å². The first-order chi connectivity index (χ1) is 8.16. The molecule has 0 aliphatic carbocycles. The SMILES string of the molecule is Fc1ccc(Br)cc1NCc1ccccc1Br. The average Bonchev–Trinajstić information content (AvgIpc) is 2.32. The van der Waals surface area contributed by atoms with E-state index in [4.69, 9.17) is 0 Å². The summed E-state index contributed by atoms with van der Waals surface area (Å²) in [5.74, 6) is -0.250. The van der Waals surface area contributed by atoms with Gasteiger partial charge in [-0.25, -0.2) is 4.39 Å². The minimum absolute atomic E-state index is 0.250. The summed E-state index contributed by atoms with van der Waals surface area (Å²) < 4.78 is 15.3. The zero-order chi connectivity index (χ0) is 12.3. The standard InChI is InChI=1S/C13H10Br2FN/c14-10-5-6-12(16)13(7-10)17-8-9-3-1-2-4-11(9)15/h1-7,17H,8H2. The number of rotatable bonds is 3. The van der Waals surface area contributed by atoms with Crippen molar-refractivity contribution in [1.82, 2.24) is 0 Å². The van der Waals surface area contributed by atoms with Gasteiger partial charge in [-0.2, -0.15) is 0 Å². The second-order valence-corrected chi connectivity index (χ2v) is 5.34. The molecule has 0 amide bonds. The van der Waals surface area contributed by atoms with E-state index in [2.05, 4.69) is 37.2 Å². The molecule has 88 valence electrons. The van der Waals surface area contributed by atoms with E-state index >= 15 is 0 Å². The summed E-state index contributed by atoms with van der Waals surface area (Å²) in [7, 11) is 0. The fraction of sp³-hybridized carbons (Fsp3) is 0.0769. The smallest absolute Gasteiger partial charge is 0.146 e. The quantitative estimate of drug-likeness (QED) is 0.817. The van der Waals surface area contributed by atoms with Crippen LogP contribution in [0.3, 0.4) is 0 Å². The lowest BCUT2D eigenvalue weighted by Gasteiger charge is -2.09. The van der Waals surface area contributed by atoms with Crippen LogP contribution in [0.4, 0.5) is 10.1 Å². The van der Waals surface area contributed by atoms with E-state index in [0.717, 1.165) is 14.5 Å². The van der Waals surface area contributed by atoms with Gasteiger partial charge in [-0.3, -0.25) is 0 Å². The van der Waals surface area contributed by atoms with Gasteiger partial charge in [0.25, 0.3) is 0 Å². The first-order valence-corrected chi connectivity index (χ1v) is 6.68. The number of anilines is 1. The molecule has 0 atom stereocenters. The first-order valence-electron chi connectivity index (χ1n) is 5.09. The largest absolute Gasteiger partial charge is 0.379 e. The van der Waals surface area contributed by atoms with Gasteiger partial charge in [-0.15, -0.1) is 0 Å². The number of halogens is 3. The van der Waals surface area contributed by atoms with Crippen molar-refractivity contribution in [2.75, 3.05) is 5.32 Å². The molecular weight excluding hydrogens is 349 g/mol. The Morgan fingerprint density at radius 2 is 1.82 bits per heavy atom. The minimum Gasteiger partial charge on any atom is -0.379 e. The Morgan fingerprint density at radius 1 is 1.06 bits per heavy atom. The third kappa shape index (κ3) is 3.30. The Bertz CT molecular complexity index is 529. The van der Waals surface area contributed by atoms with E-state index in [1.54, 1.807) is 12.1 Å². The van der Waals surface area contributed by atoms with Gasteiger partial charge in [-0.1, -0.05) is 50.1 Å². The fourth-order valence-electron chi connectivity index (χ4n) is 1.47. The summed E-state index contributed by atoms with van der Waals surface area (Å²) in [6.07, 6.45) is 0. The highest BCUT2D eigenvalue weighted by molar-refractivity contribution is 9.10. The maximum absolute atomic E-state index is 13.5. The van der Waals surface area contributed by atoms with Crippen LogP contribution in [0, 0.1) is 5.82 Å². The molecule has 0 unspecified atom stereocenters. The number of nitrogens with one attached hydrogen (secondary N) is 1. The third-order valence-corrected chi connectivity index (χ3v) is 3.62. The highest BCUT2D eigenvalue weighted by Gasteiger charge is 2.03. The van der Waals surface area contributed by atoms with Gasteiger partial charge >= 0.3 is 0 Å². The van der Waals surface area contributed by atoms with Gasteiger partial charge in [0.05, 0.1) is 5.69 Å². The normalized spacial score (nSPS) is 10.3. The van der Waals surface area contributed by atoms with Crippen LogP contribution in [-0.4, -0.2) is 0 Å². The Kier molecular flexibility index (Phi) is 4.18. The van der Waals surface area contributed by atoms with Crippen molar-refractivity contribution >= 4 is 37.5 Å². The molecule has 0 spiro atoms. The molecule has 1 nitrogen and oxygen atoms in total. The molecule has 0 aliphatic rings. The van der Waals surface area contributed by atoms with Gasteiger partial charge in [0.2, 0.25) is 0 Å². The summed E-state index contributed by atoms with van der Waals surface area (Å²) in [4.78, 5) is 0. The Hall–Kier alpha value is -0.870. The number of hydrogen-bond donors (Lipinski definition) is 1. The molecule has 2 aromatic rings. The summed E-state index contributed by atoms with van der Waals surface area (Å²) in [6.45, 7) is 0.578. The lowest BCUT2D eigenvalue weighted by Crippen LogP contribution is -2.02. The molecule has 0 saturated heterocycles. The molecule has 2 rings (SSSR count). The minimum atomic E-state index is -0.250. The monoisotopic (exact) mass is 357 g/mol.